The lowest BCUT2D eigenvalue weighted by Gasteiger charge is -2.36. The summed E-state index contributed by atoms with van der Waals surface area (Å²) in [7, 11) is 0. The lowest BCUT2D eigenvalue weighted by atomic mass is 10.2. The number of aromatic amines is 1. The van der Waals surface area contributed by atoms with Crippen molar-refractivity contribution in [3.8, 4) is 0 Å². The minimum atomic E-state index is -0.392. The van der Waals surface area contributed by atoms with Crippen molar-refractivity contribution in [2.24, 2.45) is 0 Å². The molecule has 29 heavy (non-hydrogen) atoms. The van der Waals surface area contributed by atoms with Gasteiger partial charge in [0.2, 0.25) is 5.58 Å². The van der Waals surface area contributed by atoms with Gasteiger partial charge in [-0.25, -0.2) is 4.79 Å². The molecule has 1 fully saturated rings. The van der Waals surface area contributed by atoms with Gasteiger partial charge in [0, 0.05) is 50.3 Å². The molecular formula is C22H22N4O3. The van der Waals surface area contributed by atoms with E-state index < -0.39 is 5.69 Å². The van der Waals surface area contributed by atoms with Crippen LogP contribution in [0.1, 0.15) is 0 Å². The molecule has 0 amide bonds. The molecule has 0 unspecified atom stereocenters. The molecule has 0 atom stereocenters. The highest BCUT2D eigenvalue weighted by Gasteiger charge is 2.19. The summed E-state index contributed by atoms with van der Waals surface area (Å²) < 4.78 is 6.95. The fraction of sp³-hybridized carbons (Fsp3) is 0.273. The molecule has 0 radical (unpaired) electrons. The van der Waals surface area contributed by atoms with Crippen LogP contribution in [-0.4, -0.2) is 47.2 Å². The quantitative estimate of drug-likeness (QED) is 0.579. The van der Waals surface area contributed by atoms with Crippen LogP contribution in [-0.2, 0) is 6.54 Å². The molecule has 2 aromatic carbocycles. The van der Waals surface area contributed by atoms with Crippen molar-refractivity contribution in [2.75, 3.05) is 37.6 Å². The average molecular weight is 390 g/mol. The smallest absolute Gasteiger partial charge is 0.329 e. The van der Waals surface area contributed by atoms with Crippen molar-refractivity contribution in [1.29, 1.82) is 0 Å². The second-order valence-corrected chi connectivity index (χ2v) is 7.35. The molecule has 0 spiro atoms. The summed E-state index contributed by atoms with van der Waals surface area (Å²) in [6.07, 6.45) is 0. The third-order valence-corrected chi connectivity index (χ3v) is 5.65. The number of piperazine rings is 1. The van der Waals surface area contributed by atoms with Gasteiger partial charge in [-0.15, -0.1) is 0 Å². The zero-order chi connectivity index (χ0) is 19.8. The van der Waals surface area contributed by atoms with Gasteiger partial charge >= 0.3 is 5.69 Å². The third kappa shape index (κ3) is 3.23. The molecule has 7 nitrogen and oxygen atoms in total. The van der Waals surface area contributed by atoms with Crippen LogP contribution in [0.4, 0.5) is 5.69 Å². The van der Waals surface area contributed by atoms with Crippen LogP contribution in [0.3, 0.4) is 0 Å². The van der Waals surface area contributed by atoms with Gasteiger partial charge in [-0.3, -0.25) is 14.3 Å². The van der Waals surface area contributed by atoms with Crippen LogP contribution in [0.15, 0.2) is 68.6 Å². The Balaban J connectivity index is 1.32. The predicted octanol–water partition coefficient (Wildman–Crippen LogP) is 2.26. The summed E-state index contributed by atoms with van der Waals surface area (Å²) >= 11 is 0. The van der Waals surface area contributed by atoms with Crippen molar-refractivity contribution in [2.45, 2.75) is 6.54 Å². The van der Waals surface area contributed by atoms with Gasteiger partial charge in [-0.2, -0.15) is 0 Å². The van der Waals surface area contributed by atoms with Gasteiger partial charge in [0.05, 0.1) is 0 Å². The Morgan fingerprint density at radius 2 is 1.59 bits per heavy atom. The van der Waals surface area contributed by atoms with Crippen LogP contribution in [0.5, 0.6) is 0 Å². The predicted molar refractivity (Wildman–Crippen MR) is 114 cm³/mol. The molecule has 1 aliphatic rings. The van der Waals surface area contributed by atoms with Crippen molar-refractivity contribution in [3.63, 3.8) is 0 Å². The van der Waals surface area contributed by atoms with Crippen LogP contribution in [0, 0.1) is 0 Å². The molecule has 2 aromatic heterocycles. The summed E-state index contributed by atoms with van der Waals surface area (Å²) in [4.78, 5) is 32.9. The topological polar surface area (TPSA) is 74.5 Å². The standard InChI is InChI=1S/C22H22N4O3/c27-21-20-19(17-8-4-5-9-18(17)29-20)23-22(28)26(21)15-12-24-10-13-25(14-11-24)16-6-2-1-3-7-16/h1-9H,10-15H2,(H,23,28). The molecule has 0 saturated carbocycles. The van der Waals surface area contributed by atoms with E-state index in [2.05, 4.69) is 39.0 Å². The molecule has 1 saturated heterocycles. The highest BCUT2D eigenvalue weighted by molar-refractivity contribution is 6.01. The summed E-state index contributed by atoms with van der Waals surface area (Å²) in [5, 5.41) is 0.751. The van der Waals surface area contributed by atoms with E-state index in [1.54, 1.807) is 6.07 Å². The fourth-order valence-corrected chi connectivity index (χ4v) is 4.02. The van der Waals surface area contributed by atoms with E-state index in [4.69, 9.17) is 4.42 Å². The van der Waals surface area contributed by atoms with Crippen LogP contribution >= 0.6 is 0 Å². The number of fused-ring (bicyclic) bond motifs is 3. The van der Waals surface area contributed by atoms with Crippen molar-refractivity contribution < 1.29 is 4.42 Å². The average Bonchev–Trinajstić information content (AvgIpc) is 3.13. The number of nitrogens with one attached hydrogen (secondary N) is 1. The second kappa shape index (κ2) is 7.25. The summed E-state index contributed by atoms with van der Waals surface area (Å²) in [6.45, 7) is 4.64. The maximum Gasteiger partial charge on any atom is 0.329 e. The number of para-hydroxylation sites is 2. The molecule has 7 heteroatoms. The highest BCUT2D eigenvalue weighted by atomic mass is 16.3. The number of aromatic nitrogens is 2. The van der Waals surface area contributed by atoms with E-state index in [0.29, 0.717) is 24.2 Å². The molecule has 148 valence electrons. The Morgan fingerprint density at radius 3 is 2.38 bits per heavy atom. The second-order valence-electron chi connectivity index (χ2n) is 7.35. The van der Waals surface area contributed by atoms with Gasteiger partial charge in [0.15, 0.2) is 0 Å². The Labute approximate surface area is 166 Å². The first kappa shape index (κ1) is 17.8. The minimum absolute atomic E-state index is 0.208. The van der Waals surface area contributed by atoms with Crippen molar-refractivity contribution in [3.05, 3.63) is 75.4 Å². The first-order chi connectivity index (χ1) is 14.2. The van der Waals surface area contributed by atoms with Gasteiger partial charge in [-0.05, 0) is 24.3 Å². The molecular weight excluding hydrogens is 368 g/mol. The van der Waals surface area contributed by atoms with Gasteiger partial charge in [0.25, 0.3) is 5.56 Å². The molecule has 1 N–H and O–H groups in total. The van der Waals surface area contributed by atoms with E-state index in [-0.39, 0.29) is 11.1 Å². The van der Waals surface area contributed by atoms with E-state index in [1.165, 1.54) is 10.3 Å². The van der Waals surface area contributed by atoms with Gasteiger partial charge < -0.3 is 14.3 Å². The number of hydrogen-bond donors (Lipinski definition) is 1. The molecule has 5 rings (SSSR count). The number of anilines is 1. The monoisotopic (exact) mass is 390 g/mol. The maximum atomic E-state index is 12.9. The summed E-state index contributed by atoms with van der Waals surface area (Å²) in [5.41, 5.74) is 1.75. The van der Waals surface area contributed by atoms with E-state index in [1.807, 2.05) is 24.3 Å². The zero-order valence-corrected chi connectivity index (χ0v) is 16.0. The molecule has 3 heterocycles. The fourth-order valence-electron chi connectivity index (χ4n) is 4.02. The molecule has 0 aliphatic carbocycles. The van der Waals surface area contributed by atoms with Crippen LogP contribution in [0.2, 0.25) is 0 Å². The van der Waals surface area contributed by atoms with E-state index in [0.717, 1.165) is 31.6 Å². The van der Waals surface area contributed by atoms with Gasteiger partial charge in [0.1, 0.15) is 11.1 Å². The first-order valence-corrected chi connectivity index (χ1v) is 9.87. The number of furan rings is 1. The first-order valence-electron chi connectivity index (χ1n) is 9.87. The van der Waals surface area contributed by atoms with Crippen molar-refractivity contribution in [1.82, 2.24) is 14.5 Å². The number of hydrogen-bond acceptors (Lipinski definition) is 5. The zero-order valence-electron chi connectivity index (χ0n) is 16.0. The minimum Gasteiger partial charge on any atom is -0.449 e. The normalized spacial score (nSPS) is 15.4. The number of nitrogens with zero attached hydrogens (tertiary/aromatic N) is 3. The Hall–Kier alpha value is -3.32. The molecule has 4 aromatic rings. The SMILES string of the molecule is O=c1[nH]c2c(oc3ccccc32)c(=O)n1CCN1CCN(c2ccccc2)CC1. The maximum absolute atomic E-state index is 12.9. The Kier molecular flexibility index (Phi) is 4.44. The summed E-state index contributed by atoms with van der Waals surface area (Å²) in [6, 6.07) is 17.7. The van der Waals surface area contributed by atoms with E-state index in [9.17, 15) is 9.59 Å². The number of benzene rings is 2. The lowest BCUT2D eigenvalue weighted by Crippen LogP contribution is -2.48. The highest BCUT2D eigenvalue weighted by Crippen LogP contribution is 2.23. The largest absolute Gasteiger partial charge is 0.449 e. The Morgan fingerprint density at radius 1 is 0.862 bits per heavy atom. The Bertz CT molecular complexity index is 1260. The number of rotatable bonds is 4. The summed E-state index contributed by atoms with van der Waals surface area (Å²) in [5.74, 6) is 0. The molecule has 0 bridgehead atoms. The number of H-pyrrole nitrogens is 1. The lowest BCUT2D eigenvalue weighted by molar-refractivity contribution is 0.246. The van der Waals surface area contributed by atoms with Crippen LogP contribution < -0.4 is 16.1 Å². The van der Waals surface area contributed by atoms with Gasteiger partial charge in [-0.1, -0.05) is 30.3 Å². The van der Waals surface area contributed by atoms with E-state index >= 15 is 0 Å². The van der Waals surface area contributed by atoms with Crippen LogP contribution in [0.25, 0.3) is 22.1 Å². The third-order valence-electron chi connectivity index (χ3n) is 5.65. The molecule has 1 aliphatic heterocycles. The van der Waals surface area contributed by atoms with Crippen molar-refractivity contribution >= 4 is 27.8 Å².